The Labute approximate surface area is 74.5 Å². The summed E-state index contributed by atoms with van der Waals surface area (Å²) in [5, 5.41) is 3.28. The second kappa shape index (κ2) is 8.53. The largest absolute Gasteiger partial charge is 0.466 e. The van der Waals surface area contributed by atoms with Crippen molar-refractivity contribution in [2.45, 2.75) is 33.1 Å². The lowest BCUT2D eigenvalue weighted by Crippen LogP contribution is -2.21. The molecule has 0 radical (unpaired) electrons. The maximum Gasteiger partial charge on any atom is 0.302 e. The first kappa shape index (κ1) is 11.4. The fourth-order valence-electron chi connectivity index (χ4n) is 1.01. The van der Waals surface area contributed by atoms with Gasteiger partial charge in [0.05, 0.1) is 6.61 Å². The van der Waals surface area contributed by atoms with E-state index >= 15 is 0 Å². The van der Waals surface area contributed by atoms with Crippen LogP contribution in [0, 0.1) is 0 Å². The van der Waals surface area contributed by atoms with Crippen molar-refractivity contribution in [3.05, 3.63) is 0 Å². The summed E-state index contributed by atoms with van der Waals surface area (Å²) in [7, 11) is 0. The first-order chi connectivity index (χ1) is 5.77. The number of nitrogens with one attached hydrogen (secondary N) is 1. The number of carbonyl (C=O) groups is 1. The zero-order valence-corrected chi connectivity index (χ0v) is 8.06. The maximum absolute atomic E-state index is 9.82. The third kappa shape index (κ3) is 9.43. The first-order valence-corrected chi connectivity index (χ1v) is 4.61. The fraction of sp³-hybridized carbons (Fsp3) is 0.889. The summed E-state index contributed by atoms with van der Waals surface area (Å²) < 4.78 is 4.40. The number of esters is 1. The Bertz CT molecular complexity index is 99.6. The van der Waals surface area contributed by atoms with E-state index in [1.807, 2.05) is 0 Å². The van der Waals surface area contributed by atoms with E-state index in [1.165, 1.54) is 39.3 Å². The average Bonchev–Trinajstić information content (AvgIpc) is 2.08. The molecule has 3 heteroatoms. The highest BCUT2D eigenvalue weighted by atomic mass is 16.5. The molecule has 3 nitrogen and oxygen atoms in total. The SMILES string of the molecule is C1CCNCC1.CCOC(C)=O. The molecule has 0 bridgehead atoms. The molecular weight excluding hydrogens is 154 g/mol. The number of carbonyl (C=O) groups excluding carboxylic acids is 1. The molecule has 1 saturated heterocycles. The van der Waals surface area contributed by atoms with Crippen LogP contribution >= 0.6 is 0 Å². The summed E-state index contributed by atoms with van der Waals surface area (Å²) in [4.78, 5) is 9.82. The molecule has 0 saturated carbocycles. The van der Waals surface area contributed by atoms with Gasteiger partial charge < -0.3 is 10.1 Å². The second-order valence-electron chi connectivity index (χ2n) is 2.74. The Morgan fingerprint density at radius 3 is 2.00 bits per heavy atom. The Hall–Kier alpha value is -0.570. The minimum Gasteiger partial charge on any atom is -0.466 e. The number of hydrogen-bond acceptors (Lipinski definition) is 3. The van der Waals surface area contributed by atoms with Crippen molar-refractivity contribution < 1.29 is 9.53 Å². The number of ether oxygens (including phenoxy) is 1. The third-order valence-corrected chi connectivity index (χ3v) is 1.55. The molecular formula is C9H19NO2. The van der Waals surface area contributed by atoms with Crippen molar-refractivity contribution in [1.82, 2.24) is 5.32 Å². The molecule has 0 spiro atoms. The van der Waals surface area contributed by atoms with Gasteiger partial charge in [0.15, 0.2) is 0 Å². The predicted molar refractivity (Wildman–Crippen MR) is 49.0 cm³/mol. The van der Waals surface area contributed by atoms with Gasteiger partial charge in [-0.25, -0.2) is 0 Å². The summed E-state index contributed by atoms with van der Waals surface area (Å²) in [6.45, 7) is 6.15. The van der Waals surface area contributed by atoms with Crippen molar-refractivity contribution in [2.24, 2.45) is 0 Å². The van der Waals surface area contributed by atoms with Gasteiger partial charge in [-0.1, -0.05) is 6.42 Å². The Kier molecular flexibility index (Phi) is 8.12. The molecule has 0 atom stereocenters. The average molecular weight is 173 g/mol. The maximum atomic E-state index is 9.82. The highest BCUT2D eigenvalue weighted by Gasteiger charge is 1.93. The van der Waals surface area contributed by atoms with Gasteiger partial charge in [0.2, 0.25) is 0 Å². The molecule has 1 heterocycles. The normalized spacial score (nSPS) is 15.8. The van der Waals surface area contributed by atoms with Gasteiger partial charge in [-0.05, 0) is 32.9 Å². The Balaban J connectivity index is 0.000000202. The van der Waals surface area contributed by atoms with Crippen LogP contribution in [0.15, 0.2) is 0 Å². The smallest absolute Gasteiger partial charge is 0.302 e. The molecule has 0 amide bonds. The lowest BCUT2D eigenvalue weighted by atomic mass is 10.2. The van der Waals surface area contributed by atoms with Crippen molar-refractivity contribution in [3.63, 3.8) is 0 Å². The zero-order valence-electron chi connectivity index (χ0n) is 8.06. The van der Waals surface area contributed by atoms with Gasteiger partial charge in [0.25, 0.3) is 0 Å². The number of rotatable bonds is 1. The van der Waals surface area contributed by atoms with Crippen molar-refractivity contribution in [3.8, 4) is 0 Å². The zero-order chi connectivity index (χ0) is 9.23. The van der Waals surface area contributed by atoms with Crippen LogP contribution < -0.4 is 5.32 Å². The van der Waals surface area contributed by atoms with Gasteiger partial charge >= 0.3 is 5.97 Å². The predicted octanol–water partition coefficient (Wildman–Crippen LogP) is 1.33. The lowest BCUT2D eigenvalue weighted by molar-refractivity contribution is -0.140. The molecule has 12 heavy (non-hydrogen) atoms. The van der Waals surface area contributed by atoms with Crippen LogP contribution in [0.5, 0.6) is 0 Å². The third-order valence-electron chi connectivity index (χ3n) is 1.55. The van der Waals surface area contributed by atoms with E-state index in [9.17, 15) is 4.79 Å². The molecule has 1 aliphatic heterocycles. The highest BCUT2D eigenvalue weighted by molar-refractivity contribution is 5.65. The van der Waals surface area contributed by atoms with Gasteiger partial charge in [0, 0.05) is 6.92 Å². The summed E-state index contributed by atoms with van der Waals surface area (Å²) in [6, 6.07) is 0. The van der Waals surface area contributed by atoms with Crippen LogP contribution in [-0.2, 0) is 9.53 Å². The van der Waals surface area contributed by atoms with Crippen LogP contribution in [0.3, 0.4) is 0 Å². The van der Waals surface area contributed by atoms with Crippen molar-refractivity contribution in [1.29, 1.82) is 0 Å². The van der Waals surface area contributed by atoms with Crippen LogP contribution in [-0.4, -0.2) is 25.7 Å². The highest BCUT2D eigenvalue weighted by Crippen LogP contribution is 1.96. The summed E-state index contributed by atoms with van der Waals surface area (Å²) in [5.74, 6) is -0.211. The molecule has 1 N–H and O–H groups in total. The fourth-order valence-corrected chi connectivity index (χ4v) is 1.01. The van der Waals surface area contributed by atoms with E-state index in [4.69, 9.17) is 0 Å². The minimum atomic E-state index is -0.211. The quantitative estimate of drug-likeness (QED) is 0.608. The van der Waals surface area contributed by atoms with Crippen LogP contribution in [0.4, 0.5) is 0 Å². The standard InChI is InChI=1S/C5H11N.C4H8O2/c1-2-4-6-5-3-1;1-3-6-4(2)5/h6H,1-5H2;3H2,1-2H3. The van der Waals surface area contributed by atoms with E-state index in [-0.39, 0.29) is 5.97 Å². The number of piperidine rings is 1. The molecule has 1 aliphatic rings. The Morgan fingerprint density at radius 2 is 1.92 bits per heavy atom. The topological polar surface area (TPSA) is 38.3 Å². The molecule has 0 aliphatic carbocycles. The van der Waals surface area contributed by atoms with Gasteiger partial charge in [-0.2, -0.15) is 0 Å². The van der Waals surface area contributed by atoms with Gasteiger partial charge in [-0.15, -0.1) is 0 Å². The molecule has 1 rings (SSSR count). The van der Waals surface area contributed by atoms with Crippen LogP contribution in [0.1, 0.15) is 33.1 Å². The van der Waals surface area contributed by atoms with Crippen LogP contribution in [0.2, 0.25) is 0 Å². The number of hydrogen-bond donors (Lipinski definition) is 1. The van der Waals surface area contributed by atoms with E-state index in [0.717, 1.165) is 0 Å². The minimum absolute atomic E-state index is 0.211. The summed E-state index contributed by atoms with van der Waals surface area (Å²) in [6.07, 6.45) is 4.22. The van der Waals surface area contributed by atoms with Crippen molar-refractivity contribution in [2.75, 3.05) is 19.7 Å². The summed E-state index contributed by atoms with van der Waals surface area (Å²) in [5.41, 5.74) is 0. The molecule has 72 valence electrons. The van der Waals surface area contributed by atoms with E-state index < -0.39 is 0 Å². The van der Waals surface area contributed by atoms with Gasteiger partial charge in [-0.3, -0.25) is 4.79 Å². The van der Waals surface area contributed by atoms with E-state index in [0.29, 0.717) is 6.61 Å². The Morgan fingerprint density at radius 1 is 1.33 bits per heavy atom. The molecule has 0 unspecified atom stereocenters. The van der Waals surface area contributed by atoms with E-state index in [2.05, 4.69) is 10.1 Å². The van der Waals surface area contributed by atoms with E-state index in [1.54, 1.807) is 6.92 Å². The van der Waals surface area contributed by atoms with Crippen molar-refractivity contribution >= 4 is 5.97 Å². The van der Waals surface area contributed by atoms with Crippen LogP contribution in [0.25, 0.3) is 0 Å². The lowest BCUT2D eigenvalue weighted by Gasteiger charge is -2.08. The molecule has 0 aromatic carbocycles. The second-order valence-corrected chi connectivity index (χ2v) is 2.74. The molecule has 1 fully saturated rings. The molecule has 0 aromatic rings. The summed E-state index contributed by atoms with van der Waals surface area (Å²) >= 11 is 0. The molecule has 0 aromatic heterocycles. The first-order valence-electron chi connectivity index (χ1n) is 4.61. The monoisotopic (exact) mass is 173 g/mol. The van der Waals surface area contributed by atoms with Gasteiger partial charge in [0.1, 0.15) is 0 Å².